The minimum Gasteiger partial charge on any atom is -0.468 e. The van der Waals surface area contributed by atoms with E-state index in [1.54, 1.807) is 0 Å². The van der Waals surface area contributed by atoms with Crippen LogP contribution in [0.15, 0.2) is 35.9 Å². The molecule has 1 N–H and O–H groups in total. The number of benzene rings is 1. The molecule has 6 heteroatoms. The average Bonchev–Trinajstić information content (AvgIpc) is 2.98. The Morgan fingerprint density at radius 2 is 1.60 bits per heavy atom. The summed E-state index contributed by atoms with van der Waals surface area (Å²) in [5.74, 6) is 0.915. The van der Waals surface area contributed by atoms with Crippen molar-refractivity contribution in [3.8, 4) is 0 Å². The van der Waals surface area contributed by atoms with Crippen molar-refractivity contribution in [1.82, 2.24) is 15.3 Å². The second-order valence-electron chi connectivity index (χ2n) is 17.5. The van der Waals surface area contributed by atoms with Crippen molar-refractivity contribution in [3.63, 3.8) is 0 Å². The van der Waals surface area contributed by atoms with Gasteiger partial charge in [-0.25, -0.2) is 9.97 Å². The predicted octanol–water partition coefficient (Wildman–Crippen LogP) is 7.73. The number of hydrogen-bond donors (Lipinski definition) is 1. The molecule has 0 saturated heterocycles. The van der Waals surface area contributed by atoms with E-state index < -0.39 is 5.41 Å². The Morgan fingerprint density at radius 1 is 0.911 bits per heavy atom. The summed E-state index contributed by atoms with van der Waals surface area (Å²) in [4.78, 5) is 36.7. The van der Waals surface area contributed by atoms with Crippen molar-refractivity contribution in [2.75, 3.05) is 13.7 Å². The Labute approximate surface area is 269 Å². The molecule has 0 unspecified atom stereocenters. The summed E-state index contributed by atoms with van der Waals surface area (Å²) in [6, 6.07) is 8.34. The van der Waals surface area contributed by atoms with Crippen LogP contribution < -0.4 is 5.32 Å². The largest absolute Gasteiger partial charge is 0.468 e. The molecule has 6 nitrogen and oxygen atoms in total. The zero-order valence-electron chi connectivity index (χ0n) is 28.8. The lowest BCUT2D eigenvalue weighted by molar-refractivity contribution is -0.168. The Morgan fingerprint density at radius 3 is 2.31 bits per heavy atom. The predicted molar refractivity (Wildman–Crippen MR) is 177 cm³/mol. The Bertz CT molecular complexity index is 1610. The molecule has 2 aromatic rings. The number of ether oxygens (including phenoxy) is 1. The molecule has 1 heterocycles. The number of nitrogens with one attached hydrogen (secondary N) is 1. The molecule has 3 fully saturated rings. The first kappa shape index (κ1) is 30.9. The van der Waals surface area contributed by atoms with Crippen molar-refractivity contribution >= 4 is 22.9 Å². The Kier molecular flexibility index (Phi) is 6.77. The van der Waals surface area contributed by atoms with Gasteiger partial charge >= 0.3 is 5.97 Å². The van der Waals surface area contributed by atoms with Gasteiger partial charge in [-0.05, 0) is 109 Å². The lowest BCUT2D eigenvalue weighted by atomic mass is 9.33. The number of fused-ring (bicyclic) bond motifs is 9. The summed E-state index contributed by atoms with van der Waals surface area (Å²) in [6.45, 7) is 17.3. The summed E-state index contributed by atoms with van der Waals surface area (Å²) in [7, 11) is 1.38. The van der Waals surface area contributed by atoms with E-state index in [0.717, 1.165) is 56.0 Å². The number of allylic oxidation sites excluding steroid dienone is 2. The third-order valence-corrected chi connectivity index (χ3v) is 14.6. The van der Waals surface area contributed by atoms with E-state index in [9.17, 15) is 9.59 Å². The second-order valence-corrected chi connectivity index (χ2v) is 17.5. The maximum atomic E-state index is 14.1. The van der Waals surface area contributed by atoms with Crippen LogP contribution in [0.25, 0.3) is 11.0 Å². The number of hydrogen-bond acceptors (Lipinski definition) is 5. The third kappa shape index (κ3) is 4.18. The summed E-state index contributed by atoms with van der Waals surface area (Å²) in [5.41, 5.74) is 5.85. The number of carbonyl (C=O) groups is 2. The van der Waals surface area contributed by atoms with Crippen LogP contribution >= 0.6 is 0 Å². The lowest BCUT2D eigenvalue weighted by Crippen LogP contribution is -2.65. The number of nitrogens with zero attached hydrogens (tertiary/aromatic N) is 2. The van der Waals surface area contributed by atoms with Crippen molar-refractivity contribution in [3.05, 3.63) is 47.3 Å². The molecule has 0 bridgehead atoms. The van der Waals surface area contributed by atoms with Crippen LogP contribution in [0.1, 0.15) is 111 Å². The summed E-state index contributed by atoms with van der Waals surface area (Å²) >= 11 is 0. The van der Waals surface area contributed by atoms with Crippen molar-refractivity contribution in [2.45, 2.75) is 112 Å². The van der Waals surface area contributed by atoms with Crippen LogP contribution in [0.2, 0.25) is 0 Å². The van der Waals surface area contributed by atoms with E-state index in [2.05, 4.69) is 84.1 Å². The maximum Gasteiger partial charge on any atom is 0.325 e. The smallest absolute Gasteiger partial charge is 0.325 e. The highest BCUT2D eigenvalue weighted by Crippen LogP contribution is 2.75. The van der Waals surface area contributed by atoms with Gasteiger partial charge in [0.05, 0.1) is 34.9 Å². The van der Waals surface area contributed by atoms with Crippen LogP contribution in [-0.4, -0.2) is 35.5 Å². The highest BCUT2D eigenvalue weighted by molar-refractivity contribution is 5.87. The van der Waals surface area contributed by atoms with Gasteiger partial charge in [0.2, 0.25) is 5.91 Å². The fraction of sp³-hybridized carbons (Fsp3) is 0.692. The summed E-state index contributed by atoms with van der Waals surface area (Å²) in [5, 5.41) is 3.01. The maximum absolute atomic E-state index is 14.1. The number of para-hydroxylation sites is 2. The van der Waals surface area contributed by atoms with Gasteiger partial charge in [0, 0.05) is 5.41 Å². The molecule has 5 aliphatic rings. The fourth-order valence-electron chi connectivity index (χ4n) is 12.0. The van der Waals surface area contributed by atoms with Crippen LogP contribution in [0.3, 0.4) is 0 Å². The SMILES string of the molecule is COC(=O)CNC(=O)[C@]12CCC(C)(C)C[C@H]1C1=CC[C@@H]3[C@@]4(C)Cc5nc6ccccc6nc5C(C)(C)[C@@H]4CC[C@@]3(C)[C@]1(C)CC2. The van der Waals surface area contributed by atoms with Gasteiger partial charge in [0.15, 0.2) is 0 Å². The normalized spacial score (nSPS) is 39.2. The third-order valence-electron chi connectivity index (χ3n) is 14.6. The minimum absolute atomic E-state index is 0.0214. The summed E-state index contributed by atoms with van der Waals surface area (Å²) in [6.07, 6.45) is 11.8. The first-order valence-corrected chi connectivity index (χ1v) is 17.4. The molecule has 45 heavy (non-hydrogen) atoms. The molecule has 7 atom stereocenters. The van der Waals surface area contributed by atoms with Crippen LogP contribution in [-0.2, 0) is 26.2 Å². The van der Waals surface area contributed by atoms with E-state index in [4.69, 9.17) is 14.7 Å². The van der Waals surface area contributed by atoms with E-state index in [1.165, 1.54) is 36.9 Å². The van der Waals surface area contributed by atoms with Gasteiger partial charge in [-0.3, -0.25) is 9.59 Å². The highest BCUT2D eigenvalue weighted by Gasteiger charge is 2.69. The van der Waals surface area contributed by atoms with Crippen molar-refractivity contribution < 1.29 is 14.3 Å². The summed E-state index contributed by atoms with van der Waals surface area (Å²) < 4.78 is 4.87. The zero-order valence-corrected chi connectivity index (χ0v) is 28.8. The monoisotopic (exact) mass is 611 g/mol. The number of amides is 1. The van der Waals surface area contributed by atoms with Crippen molar-refractivity contribution in [2.24, 2.45) is 44.8 Å². The fourth-order valence-corrected chi connectivity index (χ4v) is 12.0. The van der Waals surface area contributed by atoms with Gasteiger partial charge in [0.1, 0.15) is 6.54 Å². The number of carbonyl (C=O) groups excluding carboxylic acids is 2. The molecule has 0 radical (unpaired) electrons. The molecule has 3 saturated carbocycles. The van der Waals surface area contributed by atoms with E-state index in [-0.39, 0.29) is 51.4 Å². The van der Waals surface area contributed by atoms with Crippen molar-refractivity contribution in [1.29, 1.82) is 0 Å². The first-order valence-electron chi connectivity index (χ1n) is 17.4. The van der Waals surface area contributed by atoms with Gasteiger partial charge in [-0.15, -0.1) is 0 Å². The molecule has 5 aliphatic carbocycles. The van der Waals surface area contributed by atoms with Crippen LogP contribution in [0.4, 0.5) is 0 Å². The molecule has 242 valence electrons. The van der Waals surface area contributed by atoms with Crippen LogP contribution in [0.5, 0.6) is 0 Å². The average molecular weight is 612 g/mol. The van der Waals surface area contributed by atoms with E-state index in [1.807, 2.05) is 0 Å². The topological polar surface area (TPSA) is 81.2 Å². The quantitative estimate of drug-likeness (QED) is 0.284. The number of aromatic nitrogens is 2. The number of esters is 1. The molecule has 1 aromatic carbocycles. The highest BCUT2D eigenvalue weighted by atomic mass is 16.5. The van der Waals surface area contributed by atoms with Gasteiger partial charge in [-0.1, -0.05) is 72.2 Å². The van der Waals surface area contributed by atoms with Gasteiger partial charge in [0.25, 0.3) is 0 Å². The van der Waals surface area contributed by atoms with Crippen LogP contribution in [0, 0.1) is 44.8 Å². The molecule has 7 rings (SSSR count). The number of methoxy groups -OCH3 is 1. The second kappa shape index (κ2) is 9.87. The molecular formula is C39H53N3O3. The van der Waals surface area contributed by atoms with E-state index >= 15 is 0 Å². The standard InChI is InChI=1S/C39H53N3O3/c1-34(2)17-19-39(33(44)40-23-31(43)45-8)20-18-37(6)24(25(39)21-34)13-14-30-36(5)22-28-32(42-27-12-10-9-11-26(27)41-28)35(3,4)29(36)15-16-38(30,37)7/h9-13,25,29-30H,14-23H2,1-8H3,(H,40,44)/t25-,29-,30+,36-,37+,38+,39-/m0/s1. The molecule has 0 aliphatic heterocycles. The Balaban J connectivity index is 1.30. The Hall–Kier alpha value is -2.76. The molecule has 1 aromatic heterocycles. The van der Waals surface area contributed by atoms with Gasteiger partial charge in [-0.2, -0.15) is 0 Å². The first-order chi connectivity index (χ1) is 21.1. The molecular weight excluding hydrogens is 558 g/mol. The zero-order chi connectivity index (χ0) is 32.2. The minimum atomic E-state index is -0.457. The van der Waals surface area contributed by atoms with E-state index in [0.29, 0.717) is 11.8 Å². The lowest BCUT2D eigenvalue weighted by Gasteiger charge is -2.70. The molecule has 0 spiro atoms. The van der Waals surface area contributed by atoms with Gasteiger partial charge < -0.3 is 10.1 Å². The molecule has 1 amide bonds. The number of rotatable bonds is 3.